The van der Waals surface area contributed by atoms with Crippen molar-refractivity contribution in [2.45, 2.75) is 32.3 Å². The van der Waals surface area contributed by atoms with E-state index in [0.29, 0.717) is 11.5 Å². The molecule has 0 aliphatic heterocycles. The standard InChI is InChI=1S/C22H23N3O2/c1-2-19(26)6-4-3-5-16-11-12-23-21(13-16)22-24-14-18(15-25-22)17-7-9-20(27)10-8-17/h3,5,7-15,19,26-27H,2,4,6H2,1H3/b5-3+. The van der Waals surface area contributed by atoms with Crippen molar-refractivity contribution in [2.24, 2.45) is 0 Å². The van der Waals surface area contributed by atoms with E-state index in [9.17, 15) is 10.2 Å². The molecule has 1 unspecified atom stereocenters. The summed E-state index contributed by atoms with van der Waals surface area (Å²) in [6.07, 6.45) is 11.5. The molecule has 2 N–H and O–H groups in total. The lowest BCUT2D eigenvalue weighted by Crippen LogP contribution is -2.02. The molecule has 0 radical (unpaired) electrons. The van der Waals surface area contributed by atoms with E-state index in [0.717, 1.165) is 36.0 Å². The molecular weight excluding hydrogens is 338 g/mol. The van der Waals surface area contributed by atoms with Crippen molar-refractivity contribution in [3.63, 3.8) is 0 Å². The highest BCUT2D eigenvalue weighted by Crippen LogP contribution is 2.22. The zero-order valence-corrected chi connectivity index (χ0v) is 15.3. The fourth-order valence-corrected chi connectivity index (χ4v) is 2.65. The maximum atomic E-state index is 9.59. The second-order valence-electron chi connectivity index (χ2n) is 6.36. The number of aromatic hydroxyl groups is 1. The molecule has 27 heavy (non-hydrogen) atoms. The summed E-state index contributed by atoms with van der Waals surface area (Å²) in [6.45, 7) is 1.98. The van der Waals surface area contributed by atoms with Gasteiger partial charge in [-0.3, -0.25) is 4.98 Å². The molecule has 3 rings (SSSR count). The van der Waals surface area contributed by atoms with Gasteiger partial charge in [0.05, 0.1) is 6.10 Å². The monoisotopic (exact) mass is 361 g/mol. The van der Waals surface area contributed by atoms with Gasteiger partial charge in [0, 0.05) is 24.2 Å². The van der Waals surface area contributed by atoms with Gasteiger partial charge in [0.25, 0.3) is 0 Å². The fourth-order valence-electron chi connectivity index (χ4n) is 2.65. The Balaban J connectivity index is 1.71. The van der Waals surface area contributed by atoms with Crippen molar-refractivity contribution in [1.82, 2.24) is 15.0 Å². The zero-order valence-electron chi connectivity index (χ0n) is 15.3. The average Bonchev–Trinajstić information content (AvgIpc) is 2.72. The molecule has 2 aromatic heterocycles. The minimum absolute atomic E-state index is 0.231. The molecule has 5 nitrogen and oxygen atoms in total. The van der Waals surface area contributed by atoms with Crippen molar-refractivity contribution in [2.75, 3.05) is 0 Å². The number of allylic oxidation sites excluding steroid dienone is 1. The van der Waals surface area contributed by atoms with Gasteiger partial charge in [0.1, 0.15) is 11.4 Å². The largest absolute Gasteiger partial charge is 0.508 e. The normalized spacial score (nSPS) is 12.4. The molecule has 138 valence electrons. The van der Waals surface area contributed by atoms with E-state index in [1.807, 2.05) is 37.3 Å². The third kappa shape index (κ3) is 5.21. The molecule has 0 fully saturated rings. The number of phenolic OH excluding ortho intramolecular Hbond substituents is 1. The van der Waals surface area contributed by atoms with Crippen molar-refractivity contribution in [3.05, 3.63) is 66.6 Å². The topological polar surface area (TPSA) is 79.1 Å². The van der Waals surface area contributed by atoms with Gasteiger partial charge in [-0.05, 0) is 54.7 Å². The van der Waals surface area contributed by atoms with Crippen LogP contribution in [0.25, 0.3) is 28.7 Å². The van der Waals surface area contributed by atoms with Gasteiger partial charge in [-0.25, -0.2) is 9.97 Å². The summed E-state index contributed by atoms with van der Waals surface area (Å²) in [5, 5.41) is 19.0. The number of phenols is 1. The molecule has 2 heterocycles. The molecule has 5 heteroatoms. The maximum absolute atomic E-state index is 9.59. The number of hydrogen-bond donors (Lipinski definition) is 2. The molecule has 0 amide bonds. The van der Waals surface area contributed by atoms with E-state index < -0.39 is 0 Å². The Morgan fingerprint density at radius 1 is 1.00 bits per heavy atom. The van der Waals surface area contributed by atoms with E-state index in [1.165, 1.54) is 0 Å². The predicted molar refractivity (Wildman–Crippen MR) is 107 cm³/mol. The van der Waals surface area contributed by atoms with E-state index >= 15 is 0 Å². The number of aromatic nitrogens is 3. The molecule has 3 aromatic rings. The first kappa shape index (κ1) is 18.7. The number of hydrogen-bond acceptors (Lipinski definition) is 5. The van der Waals surface area contributed by atoms with Gasteiger partial charge in [-0.2, -0.15) is 0 Å². The summed E-state index contributed by atoms with van der Waals surface area (Å²) >= 11 is 0. The van der Waals surface area contributed by atoms with Crippen LogP contribution in [0.2, 0.25) is 0 Å². The van der Waals surface area contributed by atoms with Crippen LogP contribution in [0.5, 0.6) is 5.75 Å². The summed E-state index contributed by atoms with van der Waals surface area (Å²) in [7, 11) is 0. The Morgan fingerprint density at radius 3 is 2.44 bits per heavy atom. The van der Waals surface area contributed by atoms with Crippen LogP contribution >= 0.6 is 0 Å². The SMILES string of the molecule is CCC(O)CC/C=C/c1ccnc(-c2ncc(-c3ccc(O)cc3)cn2)c1. The minimum atomic E-state index is -0.233. The van der Waals surface area contributed by atoms with E-state index in [4.69, 9.17) is 0 Å². The first-order chi connectivity index (χ1) is 13.2. The van der Waals surface area contributed by atoms with Crippen LogP contribution in [-0.4, -0.2) is 31.3 Å². The zero-order chi connectivity index (χ0) is 19.1. The second kappa shape index (κ2) is 9.05. The van der Waals surface area contributed by atoms with Gasteiger partial charge in [-0.1, -0.05) is 31.2 Å². The van der Waals surface area contributed by atoms with Crippen molar-refractivity contribution in [3.8, 4) is 28.4 Å². The van der Waals surface area contributed by atoms with E-state index in [2.05, 4.69) is 21.0 Å². The summed E-state index contributed by atoms with van der Waals surface area (Å²) in [5.74, 6) is 0.795. The summed E-state index contributed by atoms with van der Waals surface area (Å²) < 4.78 is 0. The fraction of sp³-hybridized carbons (Fsp3) is 0.227. The number of nitrogens with zero attached hydrogens (tertiary/aromatic N) is 3. The predicted octanol–water partition coefficient (Wildman–Crippen LogP) is 4.48. The number of benzene rings is 1. The van der Waals surface area contributed by atoms with Crippen molar-refractivity contribution < 1.29 is 10.2 Å². The minimum Gasteiger partial charge on any atom is -0.508 e. The average molecular weight is 361 g/mol. The highest BCUT2D eigenvalue weighted by atomic mass is 16.3. The van der Waals surface area contributed by atoms with Crippen LogP contribution in [-0.2, 0) is 0 Å². The van der Waals surface area contributed by atoms with E-state index in [1.54, 1.807) is 30.7 Å². The maximum Gasteiger partial charge on any atom is 0.178 e. The lowest BCUT2D eigenvalue weighted by molar-refractivity contribution is 0.161. The first-order valence-electron chi connectivity index (χ1n) is 9.08. The second-order valence-corrected chi connectivity index (χ2v) is 6.36. The summed E-state index contributed by atoms with van der Waals surface area (Å²) in [4.78, 5) is 13.2. The molecule has 0 aliphatic carbocycles. The Morgan fingerprint density at radius 2 is 1.74 bits per heavy atom. The Kier molecular flexibility index (Phi) is 6.28. The van der Waals surface area contributed by atoms with E-state index in [-0.39, 0.29) is 11.9 Å². The molecule has 0 saturated carbocycles. The van der Waals surface area contributed by atoms with Crippen LogP contribution in [0.4, 0.5) is 0 Å². The highest BCUT2D eigenvalue weighted by molar-refractivity contribution is 5.64. The van der Waals surface area contributed by atoms with Crippen LogP contribution in [0, 0.1) is 0 Å². The van der Waals surface area contributed by atoms with Gasteiger partial charge < -0.3 is 10.2 Å². The molecule has 0 aliphatic rings. The Bertz CT molecular complexity index is 890. The summed E-state index contributed by atoms with van der Waals surface area (Å²) in [6, 6.07) is 10.8. The van der Waals surface area contributed by atoms with Crippen molar-refractivity contribution in [1.29, 1.82) is 0 Å². The number of aliphatic hydroxyl groups excluding tert-OH is 1. The number of aliphatic hydroxyl groups is 1. The molecule has 0 spiro atoms. The summed E-state index contributed by atoms with van der Waals surface area (Å²) in [5.41, 5.74) is 3.56. The van der Waals surface area contributed by atoms with Crippen molar-refractivity contribution >= 4 is 6.08 Å². The Labute approximate surface area is 159 Å². The van der Waals surface area contributed by atoms with Crippen LogP contribution in [0.1, 0.15) is 31.7 Å². The Hall–Kier alpha value is -3.05. The third-order valence-corrected chi connectivity index (χ3v) is 4.31. The molecule has 0 bridgehead atoms. The lowest BCUT2D eigenvalue weighted by atomic mass is 10.1. The molecule has 1 aromatic carbocycles. The number of rotatable bonds is 7. The highest BCUT2D eigenvalue weighted by Gasteiger charge is 2.05. The molecule has 1 atom stereocenters. The first-order valence-corrected chi connectivity index (χ1v) is 9.08. The lowest BCUT2D eigenvalue weighted by Gasteiger charge is -2.04. The van der Waals surface area contributed by atoms with Gasteiger partial charge in [-0.15, -0.1) is 0 Å². The molecule has 0 saturated heterocycles. The smallest absolute Gasteiger partial charge is 0.178 e. The van der Waals surface area contributed by atoms with Crippen LogP contribution in [0.3, 0.4) is 0 Å². The molecular formula is C22H23N3O2. The van der Waals surface area contributed by atoms with Gasteiger partial charge in [0.15, 0.2) is 5.82 Å². The van der Waals surface area contributed by atoms with Gasteiger partial charge in [0.2, 0.25) is 0 Å². The quantitative estimate of drug-likeness (QED) is 0.649. The van der Waals surface area contributed by atoms with Gasteiger partial charge >= 0.3 is 0 Å². The van der Waals surface area contributed by atoms with Crippen LogP contribution < -0.4 is 0 Å². The number of pyridine rings is 1. The van der Waals surface area contributed by atoms with Crippen LogP contribution in [0.15, 0.2) is 61.1 Å². The third-order valence-electron chi connectivity index (χ3n) is 4.31.